The van der Waals surface area contributed by atoms with Gasteiger partial charge in [-0.2, -0.15) is 4.98 Å². The van der Waals surface area contributed by atoms with Crippen molar-refractivity contribution in [2.45, 2.75) is 50.4 Å². The summed E-state index contributed by atoms with van der Waals surface area (Å²) in [6.45, 7) is 6.22. The van der Waals surface area contributed by atoms with Gasteiger partial charge in [0.1, 0.15) is 11.9 Å². The number of carbonyl (C=O) groups is 2. The Hall–Kier alpha value is -5.23. The molecule has 0 radical (unpaired) electrons. The molecule has 4 aromatic carbocycles. The van der Waals surface area contributed by atoms with Gasteiger partial charge in [-0.05, 0) is 45.7 Å². The van der Waals surface area contributed by atoms with E-state index in [0.29, 0.717) is 5.56 Å². The summed E-state index contributed by atoms with van der Waals surface area (Å²) >= 11 is 0. The maximum atomic E-state index is 16.6. The average Bonchev–Trinajstić information content (AvgIpc) is 3.43. The van der Waals surface area contributed by atoms with Gasteiger partial charge in [0.25, 0.3) is 14.2 Å². The summed E-state index contributed by atoms with van der Waals surface area (Å²) in [5.74, 6) is -1.20. The SMILES string of the molecule is CC(C)(C)[Si](OC[C@@H]1O[C@@H](n2ccc(NC(=O)c3ccccc3)nc2=O)[C@@H](F)[C@@H]1OC(=O)c1ccccc1)(c1ccccc1)c1ccccc1. The first-order valence-corrected chi connectivity index (χ1v) is 18.3. The first-order chi connectivity index (χ1) is 24.1. The van der Waals surface area contributed by atoms with E-state index in [1.54, 1.807) is 60.7 Å². The van der Waals surface area contributed by atoms with E-state index in [9.17, 15) is 14.4 Å². The summed E-state index contributed by atoms with van der Waals surface area (Å²) in [5, 5.41) is 4.22. The first kappa shape index (κ1) is 34.6. The monoisotopic (exact) mass is 691 g/mol. The number of amides is 1. The largest absolute Gasteiger partial charge is 0.453 e. The Morgan fingerprint density at radius 2 is 1.34 bits per heavy atom. The van der Waals surface area contributed by atoms with Crippen molar-refractivity contribution in [1.29, 1.82) is 0 Å². The molecule has 2 heterocycles. The Balaban J connectivity index is 1.32. The van der Waals surface area contributed by atoms with Crippen LogP contribution in [0, 0.1) is 0 Å². The Morgan fingerprint density at radius 3 is 1.86 bits per heavy atom. The zero-order valence-corrected chi connectivity index (χ0v) is 28.9. The maximum absolute atomic E-state index is 16.6. The molecule has 50 heavy (non-hydrogen) atoms. The van der Waals surface area contributed by atoms with E-state index < -0.39 is 50.5 Å². The minimum absolute atomic E-state index is 0.00729. The Labute approximate surface area is 290 Å². The second-order valence-corrected chi connectivity index (χ2v) is 17.3. The molecule has 1 saturated heterocycles. The van der Waals surface area contributed by atoms with Gasteiger partial charge in [0.15, 0.2) is 18.5 Å². The molecule has 5 aromatic rings. The van der Waals surface area contributed by atoms with Crippen molar-refractivity contribution in [2.24, 2.45) is 0 Å². The fourth-order valence-electron chi connectivity index (χ4n) is 6.38. The summed E-state index contributed by atoms with van der Waals surface area (Å²) in [6.07, 6.45) is -4.66. The lowest BCUT2D eigenvalue weighted by Crippen LogP contribution is -2.67. The molecule has 0 bridgehead atoms. The van der Waals surface area contributed by atoms with Crippen LogP contribution < -0.4 is 21.4 Å². The van der Waals surface area contributed by atoms with Gasteiger partial charge in [0, 0.05) is 11.8 Å². The van der Waals surface area contributed by atoms with E-state index in [-0.39, 0.29) is 23.0 Å². The minimum atomic E-state index is -3.10. The molecule has 1 fully saturated rings. The number of nitrogens with zero attached hydrogens (tertiary/aromatic N) is 2. The number of benzene rings is 4. The van der Waals surface area contributed by atoms with Crippen molar-refractivity contribution in [1.82, 2.24) is 9.55 Å². The third-order valence-electron chi connectivity index (χ3n) is 8.78. The van der Waals surface area contributed by atoms with Crippen LogP contribution in [0.5, 0.6) is 0 Å². The summed E-state index contributed by atoms with van der Waals surface area (Å²) < 4.78 is 36.7. The van der Waals surface area contributed by atoms with Crippen LogP contribution in [0.3, 0.4) is 0 Å². The number of halogens is 1. The van der Waals surface area contributed by atoms with Crippen LogP contribution in [-0.2, 0) is 13.9 Å². The number of esters is 1. The highest BCUT2D eigenvalue weighted by Crippen LogP contribution is 2.39. The number of rotatable bonds is 10. The smallest absolute Gasteiger partial charge is 0.351 e. The highest BCUT2D eigenvalue weighted by atomic mass is 28.4. The van der Waals surface area contributed by atoms with E-state index in [4.69, 9.17) is 13.9 Å². The van der Waals surface area contributed by atoms with Crippen LogP contribution in [0.15, 0.2) is 138 Å². The molecule has 256 valence electrons. The molecule has 0 spiro atoms. The molecule has 0 aliphatic carbocycles. The number of aromatic nitrogens is 2. The molecule has 1 aromatic heterocycles. The number of anilines is 1. The lowest BCUT2D eigenvalue weighted by Gasteiger charge is -2.43. The molecule has 4 atom stereocenters. The molecule has 1 N–H and O–H groups in total. The normalized spacial score (nSPS) is 19.1. The zero-order valence-electron chi connectivity index (χ0n) is 27.9. The van der Waals surface area contributed by atoms with Gasteiger partial charge in [0.2, 0.25) is 0 Å². The first-order valence-electron chi connectivity index (χ1n) is 16.3. The van der Waals surface area contributed by atoms with Gasteiger partial charge >= 0.3 is 11.7 Å². The van der Waals surface area contributed by atoms with Crippen LogP contribution >= 0.6 is 0 Å². The Kier molecular flexibility index (Phi) is 10.2. The third-order valence-corrected chi connectivity index (χ3v) is 13.8. The number of hydrogen-bond acceptors (Lipinski definition) is 7. The van der Waals surface area contributed by atoms with Crippen molar-refractivity contribution in [3.63, 3.8) is 0 Å². The van der Waals surface area contributed by atoms with Crippen molar-refractivity contribution in [3.05, 3.63) is 155 Å². The number of ether oxygens (including phenoxy) is 2. The summed E-state index contributed by atoms with van der Waals surface area (Å²) in [6, 6.07) is 38.0. The van der Waals surface area contributed by atoms with Crippen molar-refractivity contribution in [2.75, 3.05) is 11.9 Å². The molecular weight excluding hydrogens is 654 g/mol. The molecule has 0 saturated carbocycles. The van der Waals surface area contributed by atoms with Crippen LogP contribution in [-0.4, -0.2) is 54.7 Å². The summed E-state index contributed by atoms with van der Waals surface area (Å²) in [5.41, 5.74) is -0.231. The van der Waals surface area contributed by atoms with Gasteiger partial charge in [-0.25, -0.2) is 14.0 Å². The molecular formula is C39H38FN3O6Si. The van der Waals surface area contributed by atoms with Crippen LogP contribution in [0.1, 0.15) is 47.7 Å². The van der Waals surface area contributed by atoms with Crippen LogP contribution in [0.2, 0.25) is 5.04 Å². The van der Waals surface area contributed by atoms with Crippen LogP contribution in [0.4, 0.5) is 10.2 Å². The van der Waals surface area contributed by atoms with Gasteiger partial charge in [-0.15, -0.1) is 0 Å². The number of nitrogens with one attached hydrogen (secondary N) is 1. The zero-order chi connectivity index (χ0) is 35.3. The minimum Gasteiger partial charge on any atom is -0.453 e. The van der Waals surface area contributed by atoms with E-state index in [1.807, 2.05) is 60.7 Å². The van der Waals surface area contributed by atoms with Gasteiger partial charge in [0.05, 0.1) is 12.2 Å². The number of alkyl halides is 1. The molecule has 1 aliphatic heterocycles. The number of carbonyl (C=O) groups excluding carboxylic acids is 2. The fraction of sp³-hybridized carbons (Fsp3) is 0.231. The standard InChI is InChI=1S/C39H38FN3O6Si/c1-39(2,3)50(29-20-12-6-13-21-29,30-22-14-7-15-23-30)47-26-31-34(49-37(45)28-18-10-5-11-19-28)33(40)36(48-31)43-25-24-32(42-38(43)46)41-35(44)27-16-8-4-9-17-27/h4-25,31,33-34,36H,26H2,1-3H3,(H,41,42,44,46)/t31-,33-,34+,36+/m0/s1. The Morgan fingerprint density at radius 1 is 0.820 bits per heavy atom. The molecule has 6 rings (SSSR count). The van der Waals surface area contributed by atoms with Gasteiger partial charge in [-0.1, -0.05) is 118 Å². The molecule has 11 heteroatoms. The topological polar surface area (TPSA) is 109 Å². The van der Waals surface area contributed by atoms with Crippen LogP contribution in [0.25, 0.3) is 0 Å². The average molecular weight is 692 g/mol. The summed E-state index contributed by atoms with van der Waals surface area (Å²) in [7, 11) is -3.10. The number of hydrogen-bond donors (Lipinski definition) is 1. The predicted molar refractivity (Wildman–Crippen MR) is 191 cm³/mol. The van der Waals surface area contributed by atoms with Gasteiger partial charge in [-0.3, -0.25) is 9.36 Å². The van der Waals surface area contributed by atoms with E-state index in [0.717, 1.165) is 14.9 Å². The van der Waals surface area contributed by atoms with Crippen molar-refractivity contribution < 1.29 is 27.9 Å². The Bertz CT molecular complexity index is 1930. The van der Waals surface area contributed by atoms with Gasteiger partial charge < -0.3 is 19.2 Å². The highest BCUT2D eigenvalue weighted by molar-refractivity contribution is 6.99. The maximum Gasteiger partial charge on any atom is 0.351 e. The highest BCUT2D eigenvalue weighted by Gasteiger charge is 2.54. The lowest BCUT2D eigenvalue weighted by atomic mass is 10.1. The third kappa shape index (κ3) is 7.06. The molecule has 1 amide bonds. The quantitative estimate of drug-likeness (QED) is 0.152. The molecule has 0 unspecified atom stereocenters. The predicted octanol–water partition coefficient (Wildman–Crippen LogP) is 5.53. The van der Waals surface area contributed by atoms with Crippen molar-refractivity contribution in [3.8, 4) is 0 Å². The molecule has 9 nitrogen and oxygen atoms in total. The molecule has 1 aliphatic rings. The lowest BCUT2D eigenvalue weighted by molar-refractivity contribution is -0.0504. The van der Waals surface area contributed by atoms with E-state index >= 15 is 4.39 Å². The second kappa shape index (κ2) is 14.7. The fourth-order valence-corrected chi connectivity index (χ4v) is 11.0. The van der Waals surface area contributed by atoms with E-state index in [2.05, 4.69) is 31.1 Å². The van der Waals surface area contributed by atoms with E-state index in [1.165, 1.54) is 12.3 Å². The summed E-state index contributed by atoms with van der Waals surface area (Å²) in [4.78, 5) is 43.2. The van der Waals surface area contributed by atoms with Crippen molar-refractivity contribution >= 4 is 36.4 Å². The second-order valence-electron chi connectivity index (χ2n) is 13.0.